The van der Waals surface area contributed by atoms with Crippen LogP contribution in [-0.4, -0.2) is 20.4 Å². The zero-order valence-corrected chi connectivity index (χ0v) is 16.7. The van der Waals surface area contributed by atoms with E-state index in [1.165, 1.54) is 0 Å². The van der Waals surface area contributed by atoms with Crippen LogP contribution in [0.4, 0.5) is 0 Å². The van der Waals surface area contributed by atoms with Crippen molar-refractivity contribution in [3.8, 4) is 10.6 Å². The number of pyridine rings is 1. The predicted molar refractivity (Wildman–Crippen MR) is 112 cm³/mol. The summed E-state index contributed by atoms with van der Waals surface area (Å²) in [5, 5.41) is 4.29. The Morgan fingerprint density at radius 2 is 2.00 bits per heavy atom. The molecule has 0 saturated carbocycles. The van der Waals surface area contributed by atoms with Crippen molar-refractivity contribution in [3.63, 3.8) is 0 Å². The molecule has 3 heterocycles. The summed E-state index contributed by atoms with van der Waals surface area (Å²) in [6.07, 6.45) is 3.37. The van der Waals surface area contributed by atoms with Gasteiger partial charge in [-0.1, -0.05) is 30.3 Å². The van der Waals surface area contributed by atoms with Crippen LogP contribution in [-0.2, 0) is 13.6 Å². The van der Waals surface area contributed by atoms with Gasteiger partial charge in [0.2, 0.25) is 0 Å². The van der Waals surface area contributed by atoms with Crippen molar-refractivity contribution in [1.29, 1.82) is 0 Å². The minimum atomic E-state index is -0.268. The topological polar surface area (TPSA) is 79.8 Å². The molecule has 0 bridgehead atoms. The fourth-order valence-corrected chi connectivity index (χ4v) is 4.38. The van der Waals surface area contributed by atoms with Crippen molar-refractivity contribution < 1.29 is 4.79 Å². The number of rotatable bonds is 4. The van der Waals surface area contributed by atoms with Crippen LogP contribution in [0.2, 0.25) is 0 Å². The van der Waals surface area contributed by atoms with Crippen LogP contribution >= 0.6 is 11.3 Å². The highest BCUT2D eigenvalue weighted by atomic mass is 32.1. The van der Waals surface area contributed by atoms with Crippen LogP contribution in [0.5, 0.6) is 0 Å². The number of H-pyrrole nitrogens is 1. The summed E-state index contributed by atoms with van der Waals surface area (Å²) < 4.78 is 1.82. The fraction of sp³-hybridized carbons (Fsp3) is 0.190. The number of aromatic amines is 1. The number of thiazole rings is 1. The van der Waals surface area contributed by atoms with Crippen LogP contribution in [0, 0.1) is 13.8 Å². The third kappa shape index (κ3) is 3.14. The number of fused-ring (bicyclic) bond motifs is 1. The number of benzene rings is 1. The van der Waals surface area contributed by atoms with Gasteiger partial charge in [0.25, 0.3) is 11.5 Å². The van der Waals surface area contributed by atoms with Gasteiger partial charge < -0.3 is 14.9 Å². The maximum atomic E-state index is 12.8. The molecule has 28 heavy (non-hydrogen) atoms. The van der Waals surface area contributed by atoms with Gasteiger partial charge in [0.1, 0.15) is 5.01 Å². The van der Waals surface area contributed by atoms with Gasteiger partial charge in [0.15, 0.2) is 0 Å². The highest BCUT2D eigenvalue weighted by molar-refractivity contribution is 7.15. The Bertz CT molecular complexity index is 1230. The van der Waals surface area contributed by atoms with Crippen molar-refractivity contribution in [2.24, 2.45) is 7.05 Å². The normalized spacial score (nSPS) is 11.1. The van der Waals surface area contributed by atoms with Crippen LogP contribution in [0.25, 0.3) is 21.5 Å². The van der Waals surface area contributed by atoms with E-state index in [0.29, 0.717) is 17.5 Å². The van der Waals surface area contributed by atoms with E-state index >= 15 is 0 Å². The zero-order valence-electron chi connectivity index (χ0n) is 15.9. The maximum absolute atomic E-state index is 12.8. The molecule has 142 valence electrons. The molecule has 4 rings (SSSR count). The summed E-state index contributed by atoms with van der Waals surface area (Å²) in [5.74, 6) is -0.268. The molecule has 0 fully saturated rings. The first-order chi connectivity index (χ1) is 13.5. The van der Waals surface area contributed by atoms with E-state index in [2.05, 4.69) is 15.3 Å². The maximum Gasteiger partial charge on any atom is 0.258 e. The Hall–Kier alpha value is -3.19. The molecule has 0 unspecified atom stereocenters. The number of aromatic nitrogens is 3. The van der Waals surface area contributed by atoms with Crippen LogP contribution in [0.3, 0.4) is 0 Å². The van der Waals surface area contributed by atoms with E-state index in [4.69, 9.17) is 0 Å². The van der Waals surface area contributed by atoms with Crippen molar-refractivity contribution in [2.75, 3.05) is 0 Å². The first-order valence-corrected chi connectivity index (χ1v) is 9.74. The van der Waals surface area contributed by atoms with Gasteiger partial charge >= 0.3 is 0 Å². The second-order valence-electron chi connectivity index (χ2n) is 6.75. The largest absolute Gasteiger partial charge is 0.349 e. The molecule has 1 amide bonds. The van der Waals surface area contributed by atoms with E-state index < -0.39 is 0 Å². The van der Waals surface area contributed by atoms with Crippen molar-refractivity contribution in [2.45, 2.75) is 20.4 Å². The number of nitrogens with one attached hydrogen (secondary N) is 2. The Balaban J connectivity index is 1.60. The number of carbonyl (C=O) groups excluding carboxylic acids is 1. The monoisotopic (exact) mass is 392 g/mol. The second-order valence-corrected chi connectivity index (χ2v) is 7.84. The fourth-order valence-electron chi connectivity index (χ4n) is 3.37. The predicted octanol–water partition coefficient (Wildman–Crippen LogP) is 3.54. The SMILES string of the molecule is Cc1nc(-c2ccccc2)sc1CNC(=O)c1cn(C)c2c(C)c[nH]c(=O)c12. The van der Waals surface area contributed by atoms with Gasteiger partial charge in [-0.05, 0) is 19.4 Å². The number of hydrogen-bond acceptors (Lipinski definition) is 4. The molecule has 0 aliphatic rings. The molecule has 0 atom stereocenters. The molecule has 0 aliphatic carbocycles. The van der Waals surface area contributed by atoms with E-state index in [0.717, 1.165) is 32.2 Å². The average Bonchev–Trinajstić information content (AvgIpc) is 3.24. The summed E-state index contributed by atoms with van der Waals surface area (Å²) in [4.78, 5) is 33.4. The lowest BCUT2D eigenvalue weighted by Gasteiger charge is -2.03. The zero-order chi connectivity index (χ0) is 19.8. The first-order valence-electron chi connectivity index (χ1n) is 8.93. The molecule has 0 saturated heterocycles. The van der Waals surface area contributed by atoms with Crippen LogP contribution in [0.15, 0.2) is 47.5 Å². The molecule has 1 aromatic carbocycles. The van der Waals surface area contributed by atoms with Gasteiger partial charge in [0.05, 0.1) is 28.7 Å². The van der Waals surface area contributed by atoms with Crippen molar-refractivity contribution >= 4 is 28.1 Å². The summed E-state index contributed by atoms with van der Waals surface area (Å²) in [7, 11) is 1.84. The summed E-state index contributed by atoms with van der Waals surface area (Å²) >= 11 is 1.57. The van der Waals surface area contributed by atoms with Gasteiger partial charge in [-0.15, -0.1) is 11.3 Å². The Morgan fingerprint density at radius 1 is 1.25 bits per heavy atom. The average molecular weight is 392 g/mol. The van der Waals surface area contributed by atoms with E-state index in [1.54, 1.807) is 23.7 Å². The van der Waals surface area contributed by atoms with E-state index in [9.17, 15) is 9.59 Å². The van der Waals surface area contributed by atoms with Crippen LogP contribution < -0.4 is 10.9 Å². The first kappa shape index (κ1) is 18.2. The van der Waals surface area contributed by atoms with Gasteiger partial charge in [-0.25, -0.2) is 4.98 Å². The third-order valence-corrected chi connectivity index (χ3v) is 5.98. The minimum absolute atomic E-state index is 0.258. The number of amides is 1. The van der Waals surface area contributed by atoms with Crippen molar-refractivity contribution in [1.82, 2.24) is 19.9 Å². The molecule has 2 N–H and O–H groups in total. The highest BCUT2D eigenvalue weighted by Gasteiger charge is 2.19. The lowest BCUT2D eigenvalue weighted by atomic mass is 10.1. The van der Waals surface area contributed by atoms with E-state index in [1.807, 2.05) is 55.8 Å². The minimum Gasteiger partial charge on any atom is -0.349 e. The van der Waals surface area contributed by atoms with E-state index in [-0.39, 0.29) is 11.5 Å². The molecule has 0 aliphatic heterocycles. The van der Waals surface area contributed by atoms with Crippen molar-refractivity contribution in [3.05, 3.63) is 74.8 Å². The number of hydrogen-bond donors (Lipinski definition) is 2. The lowest BCUT2D eigenvalue weighted by molar-refractivity contribution is 0.0952. The molecule has 0 radical (unpaired) electrons. The summed E-state index contributed by atoms with van der Waals surface area (Å²) in [6.45, 7) is 4.22. The Morgan fingerprint density at radius 3 is 2.75 bits per heavy atom. The molecular formula is C21H20N4O2S. The lowest BCUT2D eigenvalue weighted by Crippen LogP contribution is -2.23. The van der Waals surface area contributed by atoms with Gasteiger partial charge in [-0.2, -0.15) is 0 Å². The quantitative estimate of drug-likeness (QED) is 0.557. The third-order valence-electron chi connectivity index (χ3n) is 4.77. The number of nitrogens with zero attached hydrogens (tertiary/aromatic N) is 2. The molecular weight excluding hydrogens is 372 g/mol. The molecule has 7 heteroatoms. The summed E-state index contributed by atoms with van der Waals surface area (Å²) in [5.41, 5.74) is 3.77. The Labute approximate surface area is 165 Å². The van der Waals surface area contributed by atoms with Gasteiger partial charge in [0, 0.05) is 29.9 Å². The molecule has 4 aromatic rings. The number of carbonyl (C=O) groups is 1. The molecule has 0 spiro atoms. The second kappa shape index (κ2) is 7.09. The van der Waals surface area contributed by atoms with Gasteiger partial charge in [-0.3, -0.25) is 9.59 Å². The molecule has 3 aromatic heterocycles. The smallest absolute Gasteiger partial charge is 0.258 e. The molecule has 6 nitrogen and oxygen atoms in total. The van der Waals surface area contributed by atoms with Crippen LogP contribution in [0.1, 0.15) is 26.5 Å². The Kier molecular flexibility index (Phi) is 4.60. The number of aryl methyl sites for hydroxylation is 3. The summed E-state index contributed by atoms with van der Waals surface area (Å²) in [6, 6.07) is 9.97. The standard InChI is InChI=1S/C21H20N4O2S/c1-12-9-22-20(27)17-15(11-25(3)18(12)17)19(26)23-10-16-13(2)24-21(28-16)14-7-5-4-6-8-14/h4-9,11H,10H2,1-3H3,(H,22,27)(H,23,26). The highest BCUT2D eigenvalue weighted by Crippen LogP contribution is 2.28.